The van der Waals surface area contributed by atoms with Crippen molar-refractivity contribution in [3.05, 3.63) is 39.2 Å². The Morgan fingerprint density at radius 1 is 1.20 bits per heavy atom. The Bertz CT molecular complexity index is 750. The molecule has 1 heterocycles. The van der Waals surface area contributed by atoms with Crippen LogP contribution in [0.3, 0.4) is 0 Å². The topological polar surface area (TPSA) is 98.0 Å². The van der Waals surface area contributed by atoms with Gasteiger partial charge >= 0.3 is 0 Å². The van der Waals surface area contributed by atoms with Crippen molar-refractivity contribution in [2.75, 3.05) is 10.5 Å². The van der Waals surface area contributed by atoms with Crippen LogP contribution in [0.5, 0.6) is 0 Å². The third kappa shape index (κ3) is 3.51. The van der Waals surface area contributed by atoms with E-state index in [1.165, 1.54) is 18.2 Å². The van der Waals surface area contributed by atoms with Crippen molar-refractivity contribution in [2.24, 2.45) is 0 Å². The van der Waals surface area contributed by atoms with Gasteiger partial charge in [0.15, 0.2) is 0 Å². The first-order valence-electron chi connectivity index (χ1n) is 5.06. The van der Waals surface area contributed by atoms with E-state index in [2.05, 4.69) is 30.6 Å². The molecule has 0 bridgehead atoms. The minimum atomic E-state index is -3.88. The molecule has 0 radical (unpaired) electrons. The number of sulfonamides is 1. The Balaban J connectivity index is 2.43. The van der Waals surface area contributed by atoms with Gasteiger partial charge in [0.1, 0.15) is 15.9 Å². The molecule has 0 aliphatic rings. The standard InChI is InChI=1S/C10H7BrCl2N4O2S/c11-6-2-1-5(14)3-7(6)20(18,19)17-9-4-8(12)15-10(13)16-9/h1-4H,14H2,(H,15,16,17). The predicted molar refractivity (Wildman–Crippen MR) is 81.4 cm³/mol. The number of nitrogens with two attached hydrogens (primary N) is 1. The molecule has 1 aromatic heterocycles. The lowest BCUT2D eigenvalue weighted by molar-refractivity contribution is 0.600. The zero-order chi connectivity index (χ0) is 14.9. The van der Waals surface area contributed by atoms with Crippen LogP contribution in [0.15, 0.2) is 33.6 Å². The first-order chi connectivity index (χ1) is 9.28. The minimum absolute atomic E-state index is 0.0225. The van der Waals surface area contributed by atoms with Crippen molar-refractivity contribution in [1.82, 2.24) is 9.97 Å². The summed E-state index contributed by atoms with van der Waals surface area (Å²) in [5, 5.41) is -0.142. The van der Waals surface area contributed by atoms with Crippen LogP contribution in [0.4, 0.5) is 11.5 Å². The normalized spacial score (nSPS) is 11.3. The van der Waals surface area contributed by atoms with Gasteiger partial charge in [-0.2, -0.15) is 4.98 Å². The van der Waals surface area contributed by atoms with Gasteiger partial charge in [-0.1, -0.05) is 11.6 Å². The number of aromatic nitrogens is 2. The summed E-state index contributed by atoms with van der Waals surface area (Å²) < 4.78 is 27.1. The van der Waals surface area contributed by atoms with E-state index in [0.29, 0.717) is 10.2 Å². The van der Waals surface area contributed by atoms with E-state index in [9.17, 15) is 8.42 Å². The van der Waals surface area contributed by atoms with Crippen molar-refractivity contribution in [3.8, 4) is 0 Å². The molecule has 0 fully saturated rings. The van der Waals surface area contributed by atoms with Crippen molar-refractivity contribution >= 4 is 60.7 Å². The quantitative estimate of drug-likeness (QED) is 0.471. The predicted octanol–water partition coefficient (Wildman–Crippen LogP) is 2.93. The second kappa shape index (κ2) is 5.72. The average molecular weight is 398 g/mol. The number of nitrogens with zero attached hydrogens (tertiary/aromatic N) is 2. The zero-order valence-electron chi connectivity index (χ0n) is 9.64. The van der Waals surface area contributed by atoms with E-state index in [0.717, 1.165) is 0 Å². The summed E-state index contributed by atoms with van der Waals surface area (Å²) in [5.74, 6) is -0.0377. The maximum atomic E-state index is 12.3. The van der Waals surface area contributed by atoms with Crippen LogP contribution in [-0.4, -0.2) is 18.4 Å². The lowest BCUT2D eigenvalue weighted by atomic mass is 10.3. The van der Waals surface area contributed by atoms with Crippen molar-refractivity contribution in [2.45, 2.75) is 4.90 Å². The Kier molecular flexibility index (Phi) is 4.38. The third-order valence-corrected chi connectivity index (χ3v) is 4.86. The smallest absolute Gasteiger partial charge is 0.264 e. The van der Waals surface area contributed by atoms with E-state index in [1.54, 1.807) is 6.07 Å². The Morgan fingerprint density at radius 3 is 2.55 bits per heavy atom. The van der Waals surface area contributed by atoms with E-state index in [-0.39, 0.29) is 21.2 Å². The van der Waals surface area contributed by atoms with Gasteiger partial charge in [0, 0.05) is 16.2 Å². The fourth-order valence-corrected chi connectivity index (χ4v) is 3.76. The van der Waals surface area contributed by atoms with Crippen LogP contribution >= 0.6 is 39.1 Å². The molecule has 10 heteroatoms. The van der Waals surface area contributed by atoms with Gasteiger partial charge in [-0.25, -0.2) is 13.4 Å². The number of halogens is 3. The van der Waals surface area contributed by atoms with Crippen LogP contribution in [-0.2, 0) is 10.0 Å². The lowest BCUT2D eigenvalue weighted by Crippen LogP contribution is -2.15. The lowest BCUT2D eigenvalue weighted by Gasteiger charge is -2.09. The number of benzene rings is 1. The monoisotopic (exact) mass is 396 g/mol. The molecule has 106 valence electrons. The number of nitrogens with one attached hydrogen (secondary N) is 1. The van der Waals surface area contributed by atoms with Gasteiger partial charge in [0.2, 0.25) is 5.28 Å². The van der Waals surface area contributed by atoms with Crippen LogP contribution in [0.25, 0.3) is 0 Å². The maximum absolute atomic E-state index is 12.3. The second-order valence-electron chi connectivity index (χ2n) is 3.64. The largest absolute Gasteiger partial charge is 0.399 e. The minimum Gasteiger partial charge on any atom is -0.399 e. The molecule has 2 aromatic rings. The fraction of sp³-hybridized carbons (Fsp3) is 0. The molecule has 20 heavy (non-hydrogen) atoms. The summed E-state index contributed by atoms with van der Waals surface area (Å²) in [7, 11) is -3.88. The fourth-order valence-electron chi connectivity index (χ4n) is 1.36. The molecule has 2 rings (SSSR count). The number of anilines is 2. The van der Waals surface area contributed by atoms with Crippen molar-refractivity contribution in [1.29, 1.82) is 0 Å². The second-order valence-corrected chi connectivity index (χ2v) is 6.87. The Labute approximate surface area is 133 Å². The number of hydrogen-bond acceptors (Lipinski definition) is 5. The van der Waals surface area contributed by atoms with Crippen molar-refractivity contribution < 1.29 is 8.42 Å². The SMILES string of the molecule is Nc1ccc(Br)c(S(=O)(=O)Nc2cc(Cl)nc(Cl)n2)c1. The van der Waals surface area contributed by atoms with Gasteiger partial charge in [-0.15, -0.1) is 0 Å². The summed E-state index contributed by atoms with van der Waals surface area (Å²) in [4.78, 5) is 7.33. The van der Waals surface area contributed by atoms with Crippen LogP contribution in [0.2, 0.25) is 10.4 Å². The third-order valence-electron chi connectivity index (χ3n) is 2.15. The first kappa shape index (κ1) is 15.3. The summed E-state index contributed by atoms with van der Waals surface area (Å²) in [6.45, 7) is 0. The maximum Gasteiger partial charge on any atom is 0.264 e. The molecule has 0 spiro atoms. The molecule has 0 aliphatic heterocycles. The first-order valence-corrected chi connectivity index (χ1v) is 8.09. The molecule has 0 amide bonds. The Hall–Kier alpha value is -1.09. The highest BCUT2D eigenvalue weighted by molar-refractivity contribution is 9.10. The number of rotatable bonds is 3. The number of nitrogen functional groups attached to an aromatic ring is 1. The molecule has 0 aliphatic carbocycles. The van der Waals surface area contributed by atoms with E-state index >= 15 is 0 Å². The summed E-state index contributed by atoms with van der Waals surface area (Å²) in [6.07, 6.45) is 0. The molecule has 3 N–H and O–H groups in total. The van der Waals surface area contributed by atoms with Gasteiger partial charge in [-0.05, 0) is 45.7 Å². The highest BCUT2D eigenvalue weighted by atomic mass is 79.9. The average Bonchev–Trinajstić information content (AvgIpc) is 2.30. The molecule has 0 unspecified atom stereocenters. The number of hydrogen-bond donors (Lipinski definition) is 2. The summed E-state index contributed by atoms with van der Waals surface area (Å²) >= 11 is 14.4. The summed E-state index contributed by atoms with van der Waals surface area (Å²) in [6, 6.07) is 5.66. The zero-order valence-corrected chi connectivity index (χ0v) is 13.6. The van der Waals surface area contributed by atoms with Gasteiger partial charge < -0.3 is 5.73 Å². The van der Waals surface area contributed by atoms with E-state index in [1.807, 2.05) is 0 Å². The van der Waals surface area contributed by atoms with Gasteiger partial charge in [0.05, 0.1) is 0 Å². The molecule has 0 saturated carbocycles. The highest BCUT2D eigenvalue weighted by Gasteiger charge is 2.19. The molecular formula is C10H7BrCl2N4O2S. The van der Waals surface area contributed by atoms with Crippen molar-refractivity contribution in [3.63, 3.8) is 0 Å². The Morgan fingerprint density at radius 2 is 1.90 bits per heavy atom. The molecular weight excluding hydrogens is 391 g/mol. The van der Waals surface area contributed by atoms with Gasteiger partial charge in [0.25, 0.3) is 10.0 Å². The molecule has 0 saturated heterocycles. The van der Waals surface area contributed by atoms with Gasteiger partial charge in [-0.3, -0.25) is 4.72 Å². The van der Waals surface area contributed by atoms with E-state index in [4.69, 9.17) is 28.9 Å². The molecule has 0 atom stereocenters. The highest BCUT2D eigenvalue weighted by Crippen LogP contribution is 2.26. The van der Waals surface area contributed by atoms with E-state index < -0.39 is 10.0 Å². The summed E-state index contributed by atoms with van der Waals surface area (Å²) in [5.41, 5.74) is 5.90. The van der Waals surface area contributed by atoms with Crippen LogP contribution < -0.4 is 10.5 Å². The van der Waals surface area contributed by atoms with Crippen LogP contribution in [0.1, 0.15) is 0 Å². The van der Waals surface area contributed by atoms with Crippen LogP contribution in [0, 0.1) is 0 Å². The molecule has 6 nitrogen and oxygen atoms in total. The molecule has 1 aromatic carbocycles.